The van der Waals surface area contributed by atoms with E-state index in [0.29, 0.717) is 12.6 Å². The van der Waals surface area contributed by atoms with Crippen LogP contribution >= 0.6 is 0 Å². The Balaban J connectivity index is 2.36. The highest BCUT2D eigenvalue weighted by atomic mass is 16.5. The molecule has 0 aliphatic carbocycles. The number of hydrogen-bond donors (Lipinski definition) is 1. The number of carbonyl (C=O) groups excluding carboxylic acids is 1. The van der Waals surface area contributed by atoms with E-state index >= 15 is 0 Å². The number of nitrogens with zero attached hydrogens (tertiary/aromatic N) is 1. The predicted octanol–water partition coefficient (Wildman–Crippen LogP) is 1.79. The van der Waals surface area contributed by atoms with Crippen molar-refractivity contribution in [3.63, 3.8) is 0 Å². The van der Waals surface area contributed by atoms with Crippen molar-refractivity contribution in [2.75, 3.05) is 26.7 Å². The summed E-state index contributed by atoms with van der Waals surface area (Å²) in [5.41, 5.74) is -0.543. The van der Waals surface area contributed by atoms with E-state index in [1.165, 1.54) is 19.4 Å². The quantitative estimate of drug-likeness (QED) is 0.705. The molecule has 1 aliphatic rings. The van der Waals surface area contributed by atoms with Crippen LogP contribution < -0.4 is 5.32 Å². The summed E-state index contributed by atoms with van der Waals surface area (Å²) >= 11 is 0. The van der Waals surface area contributed by atoms with Gasteiger partial charge in [0.1, 0.15) is 5.54 Å². The summed E-state index contributed by atoms with van der Waals surface area (Å²) in [5.74, 6) is -0.137. The standard InChI is InChI=1S/C14H28N2O2/c1-5-18-13(17)14(3,15-4)9-7-11-16-10-6-8-12(16)2/h12,15H,5-11H2,1-4H3. The number of likely N-dealkylation sites (N-methyl/N-ethyl adjacent to an activating group) is 1. The third-order valence-corrected chi connectivity index (χ3v) is 4.09. The lowest BCUT2D eigenvalue weighted by Crippen LogP contribution is -2.49. The van der Waals surface area contributed by atoms with Crippen LogP contribution in [0.1, 0.15) is 46.5 Å². The normalized spacial score (nSPS) is 23.9. The van der Waals surface area contributed by atoms with Crippen LogP contribution in [0, 0.1) is 0 Å². The Bertz CT molecular complexity index is 271. The van der Waals surface area contributed by atoms with Crippen LogP contribution in [0.4, 0.5) is 0 Å². The molecule has 0 aromatic rings. The van der Waals surface area contributed by atoms with Crippen LogP contribution in [0.25, 0.3) is 0 Å². The van der Waals surface area contributed by atoms with E-state index in [1.54, 1.807) is 0 Å². The fourth-order valence-corrected chi connectivity index (χ4v) is 2.58. The molecule has 0 spiro atoms. The lowest BCUT2D eigenvalue weighted by atomic mass is 9.96. The van der Waals surface area contributed by atoms with Crippen molar-refractivity contribution in [2.24, 2.45) is 0 Å². The van der Waals surface area contributed by atoms with Crippen molar-refractivity contribution in [3.8, 4) is 0 Å². The number of nitrogens with one attached hydrogen (secondary N) is 1. The minimum atomic E-state index is -0.543. The van der Waals surface area contributed by atoms with Gasteiger partial charge in [-0.1, -0.05) is 0 Å². The van der Waals surface area contributed by atoms with E-state index in [1.807, 2.05) is 20.9 Å². The van der Waals surface area contributed by atoms with Crippen molar-refractivity contribution in [3.05, 3.63) is 0 Å². The maximum atomic E-state index is 11.9. The molecular formula is C14H28N2O2. The first-order valence-corrected chi connectivity index (χ1v) is 7.13. The van der Waals surface area contributed by atoms with Crippen LogP contribution in [-0.4, -0.2) is 49.2 Å². The molecule has 0 saturated carbocycles. The third kappa shape index (κ3) is 3.95. The Morgan fingerprint density at radius 3 is 2.78 bits per heavy atom. The monoisotopic (exact) mass is 256 g/mol. The van der Waals surface area contributed by atoms with Crippen molar-refractivity contribution in [1.82, 2.24) is 10.2 Å². The maximum Gasteiger partial charge on any atom is 0.326 e. The molecule has 4 nitrogen and oxygen atoms in total. The fraction of sp³-hybridized carbons (Fsp3) is 0.929. The molecule has 0 radical (unpaired) electrons. The molecule has 0 bridgehead atoms. The highest BCUT2D eigenvalue weighted by Crippen LogP contribution is 2.19. The number of likely N-dealkylation sites (tertiary alicyclic amines) is 1. The van der Waals surface area contributed by atoms with Gasteiger partial charge in [-0.3, -0.25) is 4.79 Å². The summed E-state index contributed by atoms with van der Waals surface area (Å²) in [6, 6.07) is 0.702. The Morgan fingerprint density at radius 2 is 2.28 bits per heavy atom. The van der Waals surface area contributed by atoms with Gasteiger partial charge in [-0.2, -0.15) is 0 Å². The van der Waals surface area contributed by atoms with E-state index in [9.17, 15) is 4.79 Å². The van der Waals surface area contributed by atoms with E-state index in [2.05, 4.69) is 17.1 Å². The molecule has 2 unspecified atom stereocenters. The Hall–Kier alpha value is -0.610. The SMILES string of the molecule is CCOC(=O)C(C)(CCCN1CCCC1C)NC. The number of rotatable bonds is 7. The average Bonchev–Trinajstić information content (AvgIpc) is 2.75. The number of hydrogen-bond acceptors (Lipinski definition) is 4. The van der Waals surface area contributed by atoms with Crippen LogP contribution in [-0.2, 0) is 9.53 Å². The molecule has 1 saturated heterocycles. The Labute approximate surface area is 111 Å². The second kappa shape index (κ2) is 7.10. The zero-order valence-electron chi connectivity index (χ0n) is 12.3. The summed E-state index contributed by atoms with van der Waals surface area (Å²) in [7, 11) is 1.83. The van der Waals surface area contributed by atoms with E-state index in [4.69, 9.17) is 4.74 Å². The highest BCUT2D eigenvalue weighted by molar-refractivity contribution is 5.80. The zero-order valence-corrected chi connectivity index (χ0v) is 12.3. The second-order valence-electron chi connectivity index (χ2n) is 5.43. The van der Waals surface area contributed by atoms with E-state index in [0.717, 1.165) is 19.4 Å². The topological polar surface area (TPSA) is 41.6 Å². The van der Waals surface area contributed by atoms with E-state index in [-0.39, 0.29) is 5.97 Å². The molecule has 2 atom stereocenters. The summed E-state index contributed by atoms with van der Waals surface area (Å²) in [6.07, 6.45) is 4.47. The van der Waals surface area contributed by atoms with Gasteiger partial charge in [0.2, 0.25) is 0 Å². The Morgan fingerprint density at radius 1 is 1.56 bits per heavy atom. The van der Waals surface area contributed by atoms with Crippen LogP contribution in [0.2, 0.25) is 0 Å². The lowest BCUT2D eigenvalue weighted by molar-refractivity contribution is -0.150. The summed E-state index contributed by atoms with van der Waals surface area (Å²) in [4.78, 5) is 14.4. The lowest BCUT2D eigenvalue weighted by Gasteiger charge is -2.28. The van der Waals surface area contributed by atoms with Gasteiger partial charge in [0.25, 0.3) is 0 Å². The first-order chi connectivity index (χ1) is 8.53. The second-order valence-corrected chi connectivity index (χ2v) is 5.43. The van der Waals surface area contributed by atoms with Crippen LogP contribution in [0.3, 0.4) is 0 Å². The van der Waals surface area contributed by atoms with Crippen LogP contribution in [0.15, 0.2) is 0 Å². The van der Waals surface area contributed by atoms with Crippen molar-refractivity contribution in [2.45, 2.75) is 58.0 Å². The smallest absolute Gasteiger partial charge is 0.326 e. The van der Waals surface area contributed by atoms with Crippen molar-refractivity contribution >= 4 is 5.97 Å². The fourth-order valence-electron chi connectivity index (χ4n) is 2.58. The first-order valence-electron chi connectivity index (χ1n) is 7.13. The molecule has 1 fully saturated rings. The molecule has 0 aromatic carbocycles. The van der Waals surface area contributed by atoms with Gasteiger partial charge in [0.15, 0.2) is 0 Å². The van der Waals surface area contributed by atoms with Crippen LogP contribution in [0.5, 0.6) is 0 Å². The number of ether oxygens (including phenoxy) is 1. The maximum absolute atomic E-state index is 11.9. The summed E-state index contributed by atoms with van der Waals surface area (Å²) in [5, 5.41) is 3.11. The van der Waals surface area contributed by atoms with Crippen molar-refractivity contribution < 1.29 is 9.53 Å². The molecule has 0 amide bonds. The number of esters is 1. The largest absolute Gasteiger partial charge is 0.465 e. The summed E-state index contributed by atoms with van der Waals surface area (Å²) in [6.45, 7) is 8.79. The first kappa shape index (κ1) is 15.4. The number of carbonyl (C=O) groups is 1. The molecule has 1 aliphatic heterocycles. The van der Waals surface area contributed by atoms with Gasteiger partial charge in [-0.15, -0.1) is 0 Å². The van der Waals surface area contributed by atoms with E-state index < -0.39 is 5.54 Å². The van der Waals surface area contributed by atoms with Crippen molar-refractivity contribution in [1.29, 1.82) is 0 Å². The average molecular weight is 256 g/mol. The minimum absolute atomic E-state index is 0.137. The third-order valence-electron chi connectivity index (χ3n) is 4.09. The zero-order chi connectivity index (χ0) is 13.6. The molecule has 1 heterocycles. The predicted molar refractivity (Wildman–Crippen MR) is 73.6 cm³/mol. The molecule has 0 aromatic heterocycles. The highest BCUT2D eigenvalue weighted by Gasteiger charge is 2.32. The molecule has 1 rings (SSSR count). The van der Waals surface area contributed by atoms with Gasteiger partial charge in [-0.25, -0.2) is 0 Å². The molecule has 4 heteroatoms. The molecule has 106 valence electrons. The van der Waals surface area contributed by atoms with Gasteiger partial charge in [0, 0.05) is 6.04 Å². The molecule has 1 N–H and O–H groups in total. The van der Waals surface area contributed by atoms with Gasteiger partial charge < -0.3 is 15.0 Å². The van der Waals surface area contributed by atoms with Gasteiger partial charge >= 0.3 is 5.97 Å². The van der Waals surface area contributed by atoms with Gasteiger partial charge in [0.05, 0.1) is 6.61 Å². The minimum Gasteiger partial charge on any atom is -0.465 e. The summed E-state index contributed by atoms with van der Waals surface area (Å²) < 4.78 is 5.13. The van der Waals surface area contributed by atoms with Gasteiger partial charge in [-0.05, 0) is 66.6 Å². The molecule has 18 heavy (non-hydrogen) atoms. The Kier molecular flexibility index (Phi) is 6.09. The molecular weight excluding hydrogens is 228 g/mol.